The smallest absolute Gasteiger partial charge is 0.197 e. The average molecular weight is 400 g/mol. The van der Waals surface area contributed by atoms with E-state index >= 15 is 0 Å². The molecule has 2 unspecified atom stereocenters. The number of rotatable bonds is 8. The number of benzene rings is 1. The minimum atomic E-state index is -0.285. The standard InChI is InChI=1S/C24H37N3O2/c1-8-24(9-2,23-26-21(15-29-23)17(5)6)22-25-20(16(3)4)14-27(22)18-10-12-19(28-7)13-11-18/h10-13,16-17,20-21H,8-9,14-15H2,1-7H3. The van der Waals surface area contributed by atoms with Crippen molar-refractivity contribution in [3.05, 3.63) is 24.3 Å². The minimum absolute atomic E-state index is 0.236. The largest absolute Gasteiger partial charge is 0.497 e. The van der Waals surface area contributed by atoms with Crippen molar-refractivity contribution >= 4 is 17.4 Å². The van der Waals surface area contributed by atoms with E-state index in [1.54, 1.807) is 7.11 Å². The van der Waals surface area contributed by atoms with Gasteiger partial charge in [0.25, 0.3) is 0 Å². The molecule has 5 heteroatoms. The second-order valence-electron chi connectivity index (χ2n) is 8.92. The zero-order chi connectivity index (χ0) is 21.2. The number of hydrogen-bond acceptors (Lipinski definition) is 5. The summed E-state index contributed by atoms with van der Waals surface area (Å²) in [4.78, 5) is 12.7. The summed E-state index contributed by atoms with van der Waals surface area (Å²) >= 11 is 0. The van der Waals surface area contributed by atoms with Crippen molar-refractivity contribution in [2.75, 3.05) is 25.2 Å². The van der Waals surface area contributed by atoms with Gasteiger partial charge in [0.05, 0.1) is 19.2 Å². The maximum atomic E-state index is 6.23. The summed E-state index contributed by atoms with van der Waals surface area (Å²) in [7, 11) is 1.70. The van der Waals surface area contributed by atoms with Gasteiger partial charge >= 0.3 is 0 Å². The Hall–Kier alpha value is -2.04. The summed E-state index contributed by atoms with van der Waals surface area (Å²) in [5.74, 6) is 3.81. The van der Waals surface area contributed by atoms with E-state index in [1.807, 2.05) is 12.1 Å². The van der Waals surface area contributed by atoms with Crippen LogP contribution in [-0.4, -0.2) is 44.1 Å². The van der Waals surface area contributed by atoms with Crippen LogP contribution < -0.4 is 9.64 Å². The van der Waals surface area contributed by atoms with Crippen LogP contribution in [0.3, 0.4) is 0 Å². The SMILES string of the molecule is CCC(CC)(C1=NC(C(C)C)CO1)C1=NC(C(C)C)CN1c1ccc(OC)cc1. The van der Waals surface area contributed by atoms with E-state index in [9.17, 15) is 0 Å². The summed E-state index contributed by atoms with van der Waals surface area (Å²) in [6.45, 7) is 15.0. The van der Waals surface area contributed by atoms with Crippen LogP contribution in [0.15, 0.2) is 34.3 Å². The van der Waals surface area contributed by atoms with Crippen molar-refractivity contribution in [3.63, 3.8) is 0 Å². The lowest BCUT2D eigenvalue weighted by atomic mass is 9.79. The zero-order valence-electron chi connectivity index (χ0n) is 19.1. The molecule has 0 bridgehead atoms. The molecule has 2 heterocycles. The van der Waals surface area contributed by atoms with E-state index in [0.29, 0.717) is 18.4 Å². The first-order valence-electron chi connectivity index (χ1n) is 11.1. The van der Waals surface area contributed by atoms with Crippen molar-refractivity contribution in [2.24, 2.45) is 27.2 Å². The fourth-order valence-corrected chi connectivity index (χ4v) is 4.23. The van der Waals surface area contributed by atoms with Crippen molar-refractivity contribution < 1.29 is 9.47 Å². The minimum Gasteiger partial charge on any atom is -0.497 e. The fraction of sp³-hybridized carbons (Fsp3) is 0.667. The lowest BCUT2D eigenvalue weighted by molar-refractivity contribution is 0.263. The Labute approximate surface area is 176 Å². The molecular weight excluding hydrogens is 362 g/mol. The molecule has 0 saturated heterocycles. The third-order valence-corrected chi connectivity index (χ3v) is 6.56. The monoisotopic (exact) mass is 399 g/mol. The first-order valence-corrected chi connectivity index (χ1v) is 11.1. The van der Waals surface area contributed by atoms with Crippen LogP contribution in [0, 0.1) is 17.3 Å². The molecular formula is C24H37N3O2. The molecule has 160 valence electrons. The maximum absolute atomic E-state index is 6.23. The summed E-state index contributed by atoms with van der Waals surface area (Å²) < 4.78 is 11.6. The molecule has 0 radical (unpaired) electrons. The summed E-state index contributed by atoms with van der Waals surface area (Å²) in [5.41, 5.74) is 0.866. The normalized spacial score (nSPS) is 22.2. The van der Waals surface area contributed by atoms with E-state index in [4.69, 9.17) is 19.5 Å². The highest BCUT2D eigenvalue weighted by atomic mass is 16.5. The predicted molar refractivity (Wildman–Crippen MR) is 121 cm³/mol. The van der Waals surface area contributed by atoms with E-state index in [1.165, 1.54) is 0 Å². The number of methoxy groups -OCH3 is 1. The zero-order valence-corrected chi connectivity index (χ0v) is 19.1. The Morgan fingerprint density at radius 1 is 1.03 bits per heavy atom. The van der Waals surface area contributed by atoms with Crippen LogP contribution in [0.2, 0.25) is 0 Å². The molecule has 5 nitrogen and oxygen atoms in total. The highest BCUT2D eigenvalue weighted by molar-refractivity contribution is 6.15. The van der Waals surface area contributed by atoms with Gasteiger partial charge in [-0.3, -0.25) is 4.99 Å². The number of nitrogens with zero attached hydrogens (tertiary/aromatic N) is 3. The highest BCUT2D eigenvalue weighted by Crippen LogP contribution is 2.40. The summed E-state index contributed by atoms with van der Waals surface area (Å²) in [5, 5.41) is 0. The van der Waals surface area contributed by atoms with Crippen LogP contribution in [0.25, 0.3) is 0 Å². The topological polar surface area (TPSA) is 46.4 Å². The Kier molecular flexibility index (Phi) is 6.55. The number of aliphatic imine (C=N–C) groups is 2. The molecule has 29 heavy (non-hydrogen) atoms. The molecule has 2 atom stereocenters. The summed E-state index contributed by atoms with van der Waals surface area (Å²) in [6.07, 6.45) is 1.84. The van der Waals surface area contributed by atoms with Crippen molar-refractivity contribution in [2.45, 2.75) is 66.5 Å². The van der Waals surface area contributed by atoms with Crippen LogP contribution in [-0.2, 0) is 4.74 Å². The van der Waals surface area contributed by atoms with Gasteiger partial charge in [-0.05, 0) is 48.9 Å². The van der Waals surface area contributed by atoms with Crippen molar-refractivity contribution in [3.8, 4) is 5.75 Å². The molecule has 0 aromatic heterocycles. The van der Waals surface area contributed by atoms with Crippen LogP contribution in [0.5, 0.6) is 5.75 Å². The molecule has 0 fully saturated rings. The van der Waals surface area contributed by atoms with Crippen molar-refractivity contribution in [1.29, 1.82) is 0 Å². The Balaban J connectivity index is 2.04. The number of ether oxygens (including phenoxy) is 2. The van der Waals surface area contributed by atoms with Gasteiger partial charge < -0.3 is 14.4 Å². The Morgan fingerprint density at radius 2 is 1.66 bits per heavy atom. The highest BCUT2D eigenvalue weighted by Gasteiger charge is 2.48. The first-order chi connectivity index (χ1) is 13.9. The molecule has 2 aliphatic rings. The van der Waals surface area contributed by atoms with Gasteiger partial charge in [0.2, 0.25) is 0 Å². The Morgan fingerprint density at radius 3 is 2.14 bits per heavy atom. The second kappa shape index (κ2) is 8.76. The van der Waals surface area contributed by atoms with Crippen LogP contribution in [0.4, 0.5) is 5.69 Å². The molecule has 0 amide bonds. The summed E-state index contributed by atoms with van der Waals surface area (Å²) in [6, 6.07) is 8.80. The van der Waals surface area contributed by atoms with Gasteiger partial charge in [0, 0.05) is 12.2 Å². The first kappa shape index (κ1) is 21.7. The number of hydrogen-bond donors (Lipinski definition) is 0. The van der Waals surface area contributed by atoms with Gasteiger partial charge in [0.15, 0.2) is 5.90 Å². The van der Waals surface area contributed by atoms with Gasteiger partial charge in [0.1, 0.15) is 23.6 Å². The van der Waals surface area contributed by atoms with Crippen molar-refractivity contribution in [1.82, 2.24) is 0 Å². The van der Waals surface area contributed by atoms with E-state index in [2.05, 4.69) is 58.6 Å². The molecule has 2 aliphatic heterocycles. The van der Waals surface area contributed by atoms with Gasteiger partial charge in [-0.25, -0.2) is 4.99 Å². The maximum Gasteiger partial charge on any atom is 0.197 e. The lowest BCUT2D eigenvalue weighted by Gasteiger charge is -2.36. The molecule has 0 spiro atoms. The average Bonchev–Trinajstić information content (AvgIpc) is 3.38. The van der Waals surface area contributed by atoms with Crippen LogP contribution in [0.1, 0.15) is 54.4 Å². The molecule has 0 aliphatic carbocycles. The van der Waals surface area contributed by atoms with E-state index in [-0.39, 0.29) is 17.5 Å². The second-order valence-corrected chi connectivity index (χ2v) is 8.92. The lowest BCUT2D eigenvalue weighted by Crippen LogP contribution is -2.47. The Bertz CT molecular complexity index is 748. The molecule has 1 aromatic carbocycles. The molecule has 0 N–H and O–H groups in total. The molecule has 3 rings (SSSR count). The quantitative estimate of drug-likeness (QED) is 0.604. The van der Waals surface area contributed by atoms with Gasteiger partial charge in [-0.15, -0.1) is 0 Å². The predicted octanol–water partition coefficient (Wildman–Crippen LogP) is 5.20. The van der Waals surface area contributed by atoms with E-state index < -0.39 is 0 Å². The third kappa shape index (κ3) is 4.01. The van der Waals surface area contributed by atoms with Crippen LogP contribution >= 0.6 is 0 Å². The molecule has 0 saturated carbocycles. The fourth-order valence-electron chi connectivity index (χ4n) is 4.23. The number of amidine groups is 1. The van der Waals surface area contributed by atoms with Gasteiger partial charge in [-0.2, -0.15) is 0 Å². The third-order valence-electron chi connectivity index (χ3n) is 6.56. The number of anilines is 1. The van der Waals surface area contributed by atoms with Gasteiger partial charge in [-0.1, -0.05) is 41.5 Å². The van der Waals surface area contributed by atoms with E-state index in [0.717, 1.165) is 42.6 Å². The molecule has 1 aromatic rings.